The van der Waals surface area contributed by atoms with E-state index in [1.807, 2.05) is 0 Å². The van der Waals surface area contributed by atoms with Crippen molar-refractivity contribution in [3.63, 3.8) is 0 Å². The Balaban J connectivity index is 0.00000220. The first-order valence-corrected chi connectivity index (χ1v) is 5.97. The van der Waals surface area contributed by atoms with E-state index >= 15 is 0 Å². The van der Waals surface area contributed by atoms with E-state index in [1.165, 1.54) is 0 Å². The number of benzene rings is 1. The first-order valence-electron chi connectivity index (χ1n) is 5.97. The fraction of sp³-hybridized carbons (Fsp3) is 0.500. The van der Waals surface area contributed by atoms with Crippen molar-refractivity contribution in [3.05, 3.63) is 35.1 Å². The smallest absolute Gasteiger partial charge is 0.314 e. The van der Waals surface area contributed by atoms with Gasteiger partial charge in [0.25, 0.3) is 0 Å². The van der Waals surface area contributed by atoms with Gasteiger partial charge < -0.3 is 5.32 Å². The molecular weight excluding hydrogens is 322 g/mol. The van der Waals surface area contributed by atoms with Crippen molar-refractivity contribution in [2.75, 3.05) is 26.2 Å². The average Bonchev–Trinajstić information content (AvgIpc) is 2.39. The normalized spacial score (nSPS) is 18.2. The molecule has 1 saturated heterocycles. The maximum Gasteiger partial charge on any atom is 0.408 e. The number of nitrogens with zero attached hydrogens (tertiary/aromatic N) is 1. The average molecular weight is 335 g/mol. The highest BCUT2D eigenvalue weighted by Gasteiger charge is 2.46. The molecule has 1 fully saturated rings. The Kier molecular flexibility index (Phi) is 5.89. The minimum absolute atomic E-state index is 0. The van der Waals surface area contributed by atoms with Crippen molar-refractivity contribution in [3.8, 4) is 0 Å². The van der Waals surface area contributed by atoms with Gasteiger partial charge in [0.2, 0.25) is 0 Å². The fourth-order valence-corrected chi connectivity index (χ4v) is 2.27. The largest absolute Gasteiger partial charge is 0.408 e. The Morgan fingerprint density at radius 2 is 1.57 bits per heavy atom. The predicted octanol–water partition coefficient (Wildman–Crippen LogP) is 3.03. The second-order valence-electron chi connectivity index (χ2n) is 4.49. The molecule has 0 spiro atoms. The summed E-state index contributed by atoms with van der Waals surface area (Å²) in [5.74, 6) is -5.18. The Bertz CT molecular complexity index is 487. The molecule has 1 aliphatic heterocycles. The molecule has 0 bridgehead atoms. The van der Waals surface area contributed by atoms with E-state index < -0.39 is 35.2 Å². The molecule has 0 unspecified atom stereocenters. The van der Waals surface area contributed by atoms with Gasteiger partial charge in [-0.25, -0.2) is 13.2 Å². The minimum Gasteiger partial charge on any atom is -0.314 e. The predicted molar refractivity (Wildman–Crippen MR) is 66.8 cm³/mol. The molecule has 0 radical (unpaired) electrons. The van der Waals surface area contributed by atoms with Crippen LogP contribution in [0.2, 0.25) is 0 Å². The first kappa shape index (κ1) is 18.1. The summed E-state index contributed by atoms with van der Waals surface area (Å²) in [6, 6.07) is -1.12. The molecule has 21 heavy (non-hydrogen) atoms. The summed E-state index contributed by atoms with van der Waals surface area (Å²) in [5.41, 5.74) is -0.890. The molecule has 0 aromatic heterocycles. The highest BCUT2D eigenvalue weighted by Crippen LogP contribution is 2.39. The Hall–Kier alpha value is -0.990. The molecule has 1 aliphatic rings. The van der Waals surface area contributed by atoms with Crippen molar-refractivity contribution in [1.29, 1.82) is 0 Å². The molecule has 120 valence electrons. The lowest BCUT2D eigenvalue weighted by Gasteiger charge is -2.36. The molecule has 0 amide bonds. The van der Waals surface area contributed by atoms with Gasteiger partial charge in [0.05, 0.1) is 0 Å². The van der Waals surface area contributed by atoms with Crippen LogP contribution >= 0.6 is 12.4 Å². The number of piperazine rings is 1. The lowest BCUT2D eigenvalue weighted by Crippen LogP contribution is -2.49. The number of halogens is 7. The molecule has 2 nitrogen and oxygen atoms in total. The second-order valence-corrected chi connectivity index (χ2v) is 4.49. The summed E-state index contributed by atoms with van der Waals surface area (Å²) in [6.45, 7) is 0.723. The van der Waals surface area contributed by atoms with E-state index in [9.17, 15) is 26.3 Å². The number of nitrogens with one attached hydrogen (secondary N) is 1. The summed E-state index contributed by atoms with van der Waals surface area (Å²) in [6.07, 6.45) is -4.78. The van der Waals surface area contributed by atoms with Gasteiger partial charge in [0.15, 0.2) is 17.5 Å². The Labute approximate surface area is 123 Å². The molecule has 1 aromatic carbocycles. The van der Waals surface area contributed by atoms with E-state index in [-0.39, 0.29) is 25.5 Å². The number of rotatable bonds is 2. The third kappa shape index (κ3) is 3.81. The summed E-state index contributed by atoms with van der Waals surface area (Å²) < 4.78 is 79.1. The van der Waals surface area contributed by atoms with E-state index in [2.05, 4.69) is 5.32 Å². The lowest BCUT2D eigenvalue weighted by atomic mass is 10.0. The van der Waals surface area contributed by atoms with Gasteiger partial charge >= 0.3 is 6.18 Å². The van der Waals surface area contributed by atoms with Crippen LogP contribution in [-0.2, 0) is 0 Å². The van der Waals surface area contributed by atoms with Crippen molar-refractivity contribution in [1.82, 2.24) is 10.2 Å². The number of hydrogen-bond acceptors (Lipinski definition) is 2. The van der Waals surface area contributed by atoms with Crippen LogP contribution in [0.5, 0.6) is 0 Å². The van der Waals surface area contributed by atoms with Crippen LogP contribution in [0, 0.1) is 17.5 Å². The number of alkyl halides is 3. The zero-order chi connectivity index (χ0) is 14.9. The monoisotopic (exact) mass is 334 g/mol. The lowest BCUT2D eigenvalue weighted by molar-refractivity contribution is -0.188. The Morgan fingerprint density at radius 3 is 2.10 bits per heavy atom. The van der Waals surface area contributed by atoms with Gasteiger partial charge in [0.1, 0.15) is 6.04 Å². The van der Waals surface area contributed by atoms with Gasteiger partial charge in [0, 0.05) is 31.7 Å². The second kappa shape index (κ2) is 6.85. The molecule has 0 aliphatic carbocycles. The Morgan fingerprint density at radius 1 is 1.00 bits per heavy atom. The van der Waals surface area contributed by atoms with E-state index in [4.69, 9.17) is 0 Å². The van der Waals surface area contributed by atoms with Gasteiger partial charge in [-0.1, -0.05) is 6.07 Å². The van der Waals surface area contributed by atoms with Crippen molar-refractivity contribution in [2.45, 2.75) is 12.2 Å². The summed E-state index contributed by atoms with van der Waals surface area (Å²) in [5, 5.41) is 2.87. The van der Waals surface area contributed by atoms with Gasteiger partial charge in [-0.15, -0.1) is 12.4 Å². The van der Waals surface area contributed by atoms with Crippen LogP contribution in [0.1, 0.15) is 11.6 Å². The molecule has 1 atom stereocenters. The van der Waals surface area contributed by atoms with E-state index in [0.29, 0.717) is 25.2 Å². The van der Waals surface area contributed by atoms with Crippen LogP contribution < -0.4 is 5.32 Å². The maximum absolute atomic E-state index is 13.6. The highest BCUT2D eigenvalue weighted by molar-refractivity contribution is 5.85. The molecular formula is C12H13ClF6N2. The van der Waals surface area contributed by atoms with E-state index in [1.54, 1.807) is 0 Å². The molecule has 1 N–H and O–H groups in total. The first-order chi connectivity index (χ1) is 9.32. The third-order valence-corrected chi connectivity index (χ3v) is 3.19. The summed E-state index contributed by atoms with van der Waals surface area (Å²) in [7, 11) is 0. The standard InChI is InChI=1S/C12H12F6N2.ClH/c13-8-2-1-7(9(14)10(8)15)11(12(16,17)18)20-5-3-19-4-6-20;/h1-2,11,19H,3-6H2;1H/t11-;/m1./s1. The van der Waals surface area contributed by atoms with Gasteiger partial charge in [-0.3, -0.25) is 4.90 Å². The van der Waals surface area contributed by atoms with Crippen molar-refractivity contribution >= 4 is 12.4 Å². The van der Waals surface area contributed by atoms with Crippen LogP contribution in [-0.4, -0.2) is 37.3 Å². The van der Waals surface area contributed by atoms with Gasteiger partial charge in [-0.05, 0) is 6.07 Å². The topological polar surface area (TPSA) is 15.3 Å². The van der Waals surface area contributed by atoms with Crippen LogP contribution in [0.4, 0.5) is 26.3 Å². The SMILES string of the molecule is Cl.Fc1ccc([C@@H](N2CCNCC2)C(F)(F)F)c(F)c1F. The van der Waals surface area contributed by atoms with Gasteiger partial charge in [-0.2, -0.15) is 13.2 Å². The molecule has 1 aromatic rings. The molecule has 2 rings (SSSR count). The zero-order valence-corrected chi connectivity index (χ0v) is 11.5. The quantitative estimate of drug-likeness (QED) is 0.660. The summed E-state index contributed by atoms with van der Waals surface area (Å²) >= 11 is 0. The third-order valence-electron chi connectivity index (χ3n) is 3.19. The molecule has 1 heterocycles. The zero-order valence-electron chi connectivity index (χ0n) is 10.7. The van der Waals surface area contributed by atoms with Crippen LogP contribution in [0.25, 0.3) is 0 Å². The highest BCUT2D eigenvalue weighted by atomic mass is 35.5. The molecule has 0 saturated carbocycles. The molecule has 9 heteroatoms. The summed E-state index contributed by atoms with van der Waals surface area (Å²) in [4.78, 5) is 1.01. The fourth-order valence-electron chi connectivity index (χ4n) is 2.27. The maximum atomic E-state index is 13.6. The van der Waals surface area contributed by atoms with E-state index in [0.717, 1.165) is 4.90 Å². The number of hydrogen-bond donors (Lipinski definition) is 1. The van der Waals surface area contributed by atoms with Crippen LogP contribution in [0.3, 0.4) is 0 Å². The van der Waals surface area contributed by atoms with Crippen molar-refractivity contribution < 1.29 is 26.3 Å². The van der Waals surface area contributed by atoms with Crippen LogP contribution in [0.15, 0.2) is 12.1 Å². The minimum atomic E-state index is -4.78. The van der Waals surface area contributed by atoms with Crippen molar-refractivity contribution in [2.24, 2.45) is 0 Å².